The number of rotatable bonds is 9. The van der Waals surface area contributed by atoms with E-state index in [1.807, 2.05) is 26.8 Å². The van der Waals surface area contributed by atoms with Crippen molar-refractivity contribution in [2.24, 2.45) is 23.2 Å². The van der Waals surface area contributed by atoms with Gasteiger partial charge in [-0.05, 0) is 81.5 Å². The van der Waals surface area contributed by atoms with Gasteiger partial charge in [0.2, 0.25) is 0 Å². The van der Waals surface area contributed by atoms with Gasteiger partial charge in [0.1, 0.15) is 12.2 Å². The largest absolute Gasteiger partial charge is 0.462 e. The fraction of sp³-hybridized carbons (Fsp3) is 0.871. The fourth-order valence-corrected chi connectivity index (χ4v) is 7.71. The van der Waals surface area contributed by atoms with Crippen molar-refractivity contribution < 1.29 is 33.7 Å². The van der Waals surface area contributed by atoms with Gasteiger partial charge in [0.15, 0.2) is 8.32 Å². The molecule has 7 atom stereocenters. The molecule has 224 valence electrons. The Kier molecular flexibility index (Phi) is 9.89. The predicted octanol–water partition coefficient (Wildman–Crippen LogP) is 5.93. The molecule has 3 rings (SSSR count). The van der Waals surface area contributed by atoms with E-state index in [-0.39, 0.29) is 47.6 Å². The van der Waals surface area contributed by atoms with Crippen molar-refractivity contribution >= 4 is 20.3 Å². The lowest BCUT2D eigenvalue weighted by Crippen LogP contribution is -2.56. The number of esters is 2. The van der Waals surface area contributed by atoms with Crippen molar-refractivity contribution in [1.29, 1.82) is 0 Å². The molecule has 2 N–H and O–H groups in total. The second-order valence-electron chi connectivity index (χ2n) is 14.7. The second kappa shape index (κ2) is 11.9. The Morgan fingerprint density at radius 2 is 1.85 bits per heavy atom. The van der Waals surface area contributed by atoms with Crippen LogP contribution < -0.4 is 0 Å². The van der Waals surface area contributed by atoms with Gasteiger partial charge in [-0.1, -0.05) is 40.7 Å². The molecule has 0 aromatic heterocycles. The number of aliphatic hydroxyl groups is 2. The van der Waals surface area contributed by atoms with Gasteiger partial charge in [0.25, 0.3) is 0 Å². The van der Waals surface area contributed by atoms with Gasteiger partial charge in [-0.2, -0.15) is 0 Å². The first-order chi connectivity index (χ1) is 17.9. The van der Waals surface area contributed by atoms with Gasteiger partial charge in [0.05, 0.1) is 30.1 Å². The standard InChI is InChI=1S/C31H54O7Si/c1-10-30(6,7)28(34)37-25-15-21(19-32)18-31(35)14-13-20(2)24(27(25)31)12-11-22-16-23(17-26(33)36-22)38-39(8,9)29(3,4)5/h18,20,22-25,27,32,35H,10-17,19H2,1-9H3/t20-,22+,23+,24-,25-,27-,31-/m0/s1. The molecule has 3 aliphatic rings. The number of hydrogen-bond donors (Lipinski definition) is 2. The molecule has 1 saturated carbocycles. The first-order valence-electron chi connectivity index (χ1n) is 15.0. The van der Waals surface area contributed by atoms with Crippen molar-refractivity contribution in [3.63, 3.8) is 0 Å². The van der Waals surface area contributed by atoms with Crippen molar-refractivity contribution in [1.82, 2.24) is 0 Å². The number of cyclic esters (lactones) is 1. The van der Waals surface area contributed by atoms with Crippen LogP contribution in [0.1, 0.15) is 99.8 Å². The van der Waals surface area contributed by atoms with E-state index < -0.39 is 25.4 Å². The highest BCUT2D eigenvalue weighted by Gasteiger charge is 2.53. The number of carbonyl (C=O) groups excluding carboxylic acids is 2. The third kappa shape index (κ3) is 7.35. The van der Waals surface area contributed by atoms with E-state index >= 15 is 0 Å². The van der Waals surface area contributed by atoms with Crippen LogP contribution in [0, 0.1) is 23.2 Å². The molecule has 1 heterocycles. The van der Waals surface area contributed by atoms with E-state index in [0.29, 0.717) is 44.4 Å². The van der Waals surface area contributed by atoms with Gasteiger partial charge < -0.3 is 24.1 Å². The average Bonchev–Trinajstić information content (AvgIpc) is 2.82. The minimum absolute atomic E-state index is 0.0620. The molecule has 39 heavy (non-hydrogen) atoms. The Bertz CT molecular complexity index is 920. The third-order valence-corrected chi connectivity index (χ3v) is 14.8. The molecule has 1 saturated heterocycles. The van der Waals surface area contributed by atoms with Gasteiger partial charge in [-0.15, -0.1) is 0 Å². The fourth-order valence-electron chi connectivity index (χ4n) is 6.34. The normalized spacial score (nSPS) is 34.1. The maximum Gasteiger partial charge on any atom is 0.311 e. The Morgan fingerprint density at radius 3 is 2.44 bits per heavy atom. The predicted molar refractivity (Wildman–Crippen MR) is 154 cm³/mol. The molecule has 0 bridgehead atoms. The molecular formula is C31H54O7Si. The Balaban J connectivity index is 1.79. The van der Waals surface area contributed by atoms with Crippen molar-refractivity contribution in [3.8, 4) is 0 Å². The van der Waals surface area contributed by atoms with Crippen molar-refractivity contribution in [3.05, 3.63) is 11.6 Å². The molecular weight excluding hydrogens is 512 g/mol. The van der Waals surface area contributed by atoms with Crippen molar-refractivity contribution in [2.45, 2.75) is 142 Å². The maximum absolute atomic E-state index is 13.1. The number of aliphatic hydroxyl groups excluding tert-OH is 1. The SMILES string of the molecule is CCC(C)(C)C(=O)O[C@H]1CC(CO)=C[C@@]2(O)CC[C@H](C)[C@H](CC[C@@H]3C[C@@H](O[Si](C)(C)C(C)(C)C)CC(=O)O3)[C@@H]12. The number of carbonyl (C=O) groups is 2. The highest BCUT2D eigenvalue weighted by molar-refractivity contribution is 6.74. The summed E-state index contributed by atoms with van der Waals surface area (Å²) in [4.78, 5) is 25.7. The smallest absolute Gasteiger partial charge is 0.311 e. The molecule has 1 aliphatic heterocycles. The summed E-state index contributed by atoms with van der Waals surface area (Å²) >= 11 is 0. The van der Waals surface area contributed by atoms with E-state index in [0.717, 1.165) is 18.4 Å². The van der Waals surface area contributed by atoms with Gasteiger partial charge >= 0.3 is 11.9 Å². The number of ether oxygens (including phenoxy) is 2. The molecule has 0 unspecified atom stereocenters. The minimum atomic E-state index is -2.02. The Morgan fingerprint density at radius 1 is 1.18 bits per heavy atom. The van der Waals surface area contributed by atoms with Crippen LogP contribution in [0.3, 0.4) is 0 Å². The van der Waals surface area contributed by atoms with E-state index in [1.54, 1.807) is 0 Å². The van der Waals surface area contributed by atoms with Crippen LogP contribution in [0.15, 0.2) is 11.6 Å². The summed E-state index contributed by atoms with van der Waals surface area (Å²) in [5.74, 6) is -0.335. The Hall–Kier alpha value is -1.22. The van der Waals surface area contributed by atoms with Crippen LogP contribution in [-0.2, 0) is 23.5 Å². The van der Waals surface area contributed by atoms with Gasteiger partial charge in [0, 0.05) is 18.8 Å². The van der Waals surface area contributed by atoms with Gasteiger partial charge in [-0.3, -0.25) is 9.59 Å². The summed E-state index contributed by atoms with van der Waals surface area (Å²) in [6.45, 7) is 18.8. The van der Waals surface area contributed by atoms with E-state index in [1.165, 1.54) is 0 Å². The molecule has 0 aromatic rings. The summed E-state index contributed by atoms with van der Waals surface area (Å²) in [6.07, 6.45) is 5.89. The molecule has 2 aliphatic carbocycles. The maximum atomic E-state index is 13.1. The lowest BCUT2D eigenvalue weighted by molar-refractivity contribution is -0.179. The molecule has 0 radical (unpaired) electrons. The highest BCUT2D eigenvalue weighted by Crippen LogP contribution is 2.51. The zero-order valence-electron chi connectivity index (χ0n) is 25.8. The summed E-state index contributed by atoms with van der Waals surface area (Å²) in [5, 5.41) is 21.9. The molecule has 8 heteroatoms. The Labute approximate surface area is 237 Å². The zero-order chi connectivity index (χ0) is 29.4. The van der Waals surface area contributed by atoms with Gasteiger partial charge in [-0.25, -0.2) is 0 Å². The topological polar surface area (TPSA) is 102 Å². The van der Waals surface area contributed by atoms with Crippen LogP contribution in [0.5, 0.6) is 0 Å². The summed E-state index contributed by atoms with van der Waals surface area (Å²) in [5.41, 5.74) is -1.03. The summed E-state index contributed by atoms with van der Waals surface area (Å²) < 4.78 is 18.5. The first-order valence-corrected chi connectivity index (χ1v) is 18.0. The van der Waals surface area contributed by atoms with E-state index in [4.69, 9.17) is 13.9 Å². The molecule has 0 amide bonds. The van der Waals surface area contributed by atoms with Crippen LogP contribution in [0.25, 0.3) is 0 Å². The quantitative estimate of drug-likeness (QED) is 0.203. The minimum Gasteiger partial charge on any atom is -0.462 e. The second-order valence-corrected chi connectivity index (χ2v) is 19.4. The lowest BCUT2D eigenvalue weighted by atomic mass is 9.58. The molecule has 0 spiro atoms. The molecule has 0 aromatic carbocycles. The monoisotopic (exact) mass is 566 g/mol. The van der Waals surface area contributed by atoms with Crippen LogP contribution in [0.4, 0.5) is 0 Å². The van der Waals surface area contributed by atoms with E-state index in [2.05, 4.69) is 40.8 Å². The summed E-state index contributed by atoms with van der Waals surface area (Å²) in [7, 11) is -2.02. The molecule has 2 fully saturated rings. The summed E-state index contributed by atoms with van der Waals surface area (Å²) in [6, 6.07) is 0. The van der Waals surface area contributed by atoms with Crippen LogP contribution >= 0.6 is 0 Å². The number of fused-ring (bicyclic) bond motifs is 1. The van der Waals surface area contributed by atoms with Crippen LogP contribution in [-0.4, -0.2) is 61.0 Å². The molecule has 7 nitrogen and oxygen atoms in total. The first kappa shape index (κ1) is 32.3. The number of hydrogen-bond acceptors (Lipinski definition) is 7. The highest BCUT2D eigenvalue weighted by atomic mass is 28.4. The zero-order valence-corrected chi connectivity index (χ0v) is 26.8. The van der Waals surface area contributed by atoms with E-state index in [9.17, 15) is 19.8 Å². The lowest BCUT2D eigenvalue weighted by Gasteiger charge is -2.52. The third-order valence-electron chi connectivity index (χ3n) is 10.3. The van der Waals surface area contributed by atoms with Crippen LogP contribution in [0.2, 0.25) is 18.1 Å². The van der Waals surface area contributed by atoms with Crippen molar-refractivity contribution in [2.75, 3.05) is 6.61 Å². The average molecular weight is 567 g/mol.